The van der Waals surface area contributed by atoms with Crippen molar-refractivity contribution < 1.29 is 13.3 Å². The molecule has 30 rings (SSSR count). The molecule has 0 atom stereocenters. The fraction of sp³-hybridized carbons (Fsp3) is 0. The van der Waals surface area contributed by atoms with E-state index in [1.165, 1.54) is 220 Å². The van der Waals surface area contributed by atoms with E-state index in [2.05, 4.69) is 458 Å². The summed E-state index contributed by atoms with van der Waals surface area (Å²) in [5, 5.41) is 10.1. The molecular formula is C131H80N2O3S. The molecule has 6 heterocycles. The van der Waals surface area contributed by atoms with Crippen LogP contribution in [-0.4, -0.2) is 9.55 Å². The Kier molecular flexibility index (Phi) is 18.8. The van der Waals surface area contributed by atoms with Crippen LogP contribution in [-0.2, 0) is 0 Å². The molecule has 20 aromatic carbocycles. The van der Waals surface area contributed by atoms with Crippen LogP contribution in [0.2, 0.25) is 0 Å². The molecule has 4 aliphatic rings. The Morgan fingerprint density at radius 3 is 0.985 bits per heavy atom. The van der Waals surface area contributed by atoms with Gasteiger partial charge in [0.05, 0.1) is 11.0 Å². The summed E-state index contributed by atoms with van der Waals surface area (Å²) in [4.78, 5) is 5.89. The normalized spacial score (nSPS) is 11.8. The van der Waals surface area contributed by atoms with Crippen LogP contribution in [0.25, 0.3) is 282 Å². The van der Waals surface area contributed by atoms with E-state index in [1.807, 2.05) is 47.9 Å². The van der Waals surface area contributed by atoms with Crippen LogP contribution in [0.4, 0.5) is 0 Å². The second-order valence-electron chi connectivity index (χ2n) is 35.5. The lowest BCUT2D eigenvalue weighted by molar-refractivity contribution is 0.629. The highest BCUT2D eigenvalue weighted by atomic mass is 32.1. The molecule has 0 radical (unpaired) electrons. The third kappa shape index (κ3) is 12.9. The highest BCUT2D eigenvalue weighted by molar-refractivity contribution is 7.24. The zero-order valence-corrected chi connectivity index (χ0v) is 75.0. The lowest BCUT2D eigenvalue weighted by atomic mass is 9.92. The van der Waals surface area contributed by atoms with E-state index in [1.54, 1.807) is 0 Å². The number of pyridine rings is 1. The Labute approximate surface area is 795 Å². The number of furan rings is 3. The minimum absolute atomic E-state index is 0.832. The maximum Gasteiger partial charge on any atom is 0.161 e. The molecule has 26 aromatic rings. The maximum absolute atomic E-state index is 6.62. The number of hydrogen-bond donors (Lipinski definition) is 0. The van der Waals surface area contributed by atoms with Crippen molar-refractivity contribution in [2.75, 3.05) is 0 Å². The van der Waals surface area contributed by atoms with Gasteiger partial charge in [-0.3, -0.25) is 4.98 Å². The quantitative estimate of drug-likeness (QED) is 0.160. The molecule has 0 fully saturated rings. The number of hydrogen-bond acceptors (Lipinski definition) is 5. The minimum atomic E-state index is 0.832. The van der Waals surface area contributed by atoms with Crippen molar-refractivity contribution in [3.63, 3.8) is 0 Å². The summed E-state index contributed by atoms with van der Waals surface area (Å²) in [5.74, 6) is 2.70. The van der Waals surface area contributed by atoms with Crippen LogP contribution in [0, 0.1) is 0 Å². The van der Waals surface area contributed by atoms with E-state index in [0.717, 1.165) is 61.8 Å². The van der Waals surface area contributed by atoms with E-state index in [9.17, 15) is 0 Å². The van der Waals surface area contributed by atoms with Gasteiger partial charge in [0.15, 0.2) is 5.76 Å². The number of thiophene rings is 1. The van der Waals surface area contributed by atoms with Gasteiger partial charge in [-0.15, -0.1) is 11.3 Å². The summed E-state index contributed by atoms with van der Waals surface area (Å²) < 4.78 is 23.1. The molecule has 0 aliphatic heterocycles. The second kappa shape index (κ2) is 32.6. The molecule has 0 bridgehead atoms. The van der Waals surface area contributed by atoms with Gasteiger partial charge in [-0.05, 0) is 217 Å². The number of rotatable bonds is 7. The maximum atomic E-state index is 6.62. The molecule has 0 saturated carbocycles. The van der Waals surface area contributed by atoms with Gasteiger partial charge in [0.1, 0.15) is 34.0 Å². The summed E-state index contributed by atoms with van der Waals surface area (Å²) in [6.07, 6.45) is 1.81. The van der Waals surface area contributed by atoms with Gasteiger partial charge in [-0.25, -0.2) is 0 Å². The van der Waals surface area contributed by atoms with Crippen LogP contribution < -0.4 is 0 Å². The molecule has 638 valence electrons. The Hall–Kier alpha value is -17.8. The number of benzene rings is 20. The molecule has 0 spiro atoms. The van der Waals surface area contributed by atoms with Crippen molar-refractivity contribution in [3.8, 4) is 206 Å². The summed E-state index contributed by atoms with van der Waals surface area (Å²) in [6, 6.07) is 171. The Balaban J connectivity index is 0.0000000958. The standard InChI is InChI=1S/C48H29NS.C32H20O.C26H16O.C25H15NO/c1-2-12-35-33(11-1)29-42-38-15-4-3-13-36(38)37-14-5-6-18-41(37)45-46(42)48(35)50-47(45)32-23-21-30(22-24-32)31-25-27-34(28-26-31)49-43-19-9-7-16-39(43)40-17-8-10-20-44(40)49;1-2-10-21(11-3-1)22-12-8-13-23(20-22)32-31-28-17-7-6-16-26(28)24-14-4-5-15-25(24)27-18-9-19-29(33-32)30(27)31;1-2-9-17(10-3-1)26-25-22-14-7-6-13-20(22)18-11-4-5-12-19(18)21-15-8-16-23(27-26)24(21)25;1-2-9-17-16(8-1)18-10-3-4-11-20(18)24-23-19(17)12-7-14-22(23)27-25(24)21-13-5-6-15-26-21/h1-29H;1-20H;1-16H;1-15H. The van der Waals surface area contributed by atoms with Gasteiger partial charge in [-0.1, -0.05) is 413 Å². The number of fused-ring (bicyclic) bond motifs is 25. The third-order valence-electron chi connectivity index (χ3n) is 28.0. The monoisotopic (exact) mass is 1760 g/mol. The van der Waals surface area contributed by atoms with Crippen LogP contribution >= 0.6 is 11.3 Å². The SMILES string of the molecule is c1ccc(-c2cccc(-c3oc4cccc5c4c3-c3ccccc3-c3ccccc3-5)c2)cc1.c1ccc(-c2oc3cccc4c3c2-c2ccccc2-c2ccccc2-4)cc1.c1ccc(-c2oc3cccc4c3c2-c2ccccc2-c2ccccc2-4)nc1.c1ccc2c(c1)-c1ccccc1-c1c(-c3ccc(-c4ccc(-n5c6ccccc6c6ccccc65)cc4)cc3)sc3c1c-2cc1ccccc13. The van der Waals surface area contributed by atoms with Crippen molar-refractivity contribution in [1.82, 2.24) is 9.55 Å². The van der Waals surface area contributed by atoms with Gasteiger partial charge >= 0.3 is 0 Å². The third-order valence-corrected chi connectivity index (χ3v) is 29.3. The van der Waals surface area contributed by atoms with Crippen molar-refractivity contribution >= 4 is 86.9 Å². The molecule has 0 N–H and O–H groups in total. The van der Waals surface area contributed by atoms with E-state index in [-0.39, 0.29) is 0 Å². The Morgan fingerprint density at radius 1 is 0.197 bits per heavy atom. The lowest BCUT2D eigenvalue weighted by Crippen LogP contribution is -1.93. The summed E-state index contributed by atoms with van der Waals surface area (Å²) >= 11 is 1.93. The summed E-state index contributed by atoms with van der Waals surface area (Å²) in [5.41, 5.74) is 45.5. The molecule has 0 amide bonds. The largest absolute Gasteiger partial charge is 0.455 e. The van der Waals surface area contributed by atoms with E-state index in [4.69, 9.17) is 13.3 Å². The zero-order valence-electron chi connectivity index (χ0n) is 74.2. The molecule has 137 heavy (non-hydrogen) atoms. The first-order valence-electron chi connectivity index (χ1n) is 46.8. The average Bonchev–Trinajstić information content (AvgIpc) is 1.57. The molecule has 6 aromatic heterocycles. The molecule has 0 saturated heterocycles. The second-order valence-corrected chi connectivity index (χ2v) is 36.5. The predicted molar refractivity (Wildman–Crippen MR) is 572 cm³/mol. The van der Waals surface area contributed by atoms with Crippen LogP contribution in [0.5, 0.6) is 0 Å². The highest BCUT2D eigenvalue weighted by Gasteiger charge is 2.34. The van der Waals surface area contributed by atoms with E-state index < -0.39 is 0 Å². The van der Waals surface area contributed by atoms with Gasteiger partial charge in [0.2, 0.25) is 0 Å². The molecule has 5 nitrogen and oxygen atoms in total. The van der Waals surface area contributed by atoms with Gasteiger partial charge in [0, 0.05) is 87.2 Å². The Morgan fingerprint density at radius 2 is 0.518 bits per heavy atom. The molecule has 4 aliphatic carbocycles. The average molecular weight is 1760 g/mol. The highest BCUT2D eigenvalue weighted by Crippen LogP contribution is 2.60. The first-order valence-corrected chi connectivity index (χ1v) is 47.6. The van der Waals surface area contributed by atoms with Gasteiger partial charge < -0.3 is 17.8 Å². The van der Waals surface area contributed by atoms with Crippen molar-refractivity contribution in [2.45, 2.75) is 0 Å². The number of aromatic nitrogens is 2. The topological polar surface area (TPSA) is 57.2 Å². The van der Waals surface area contributed by atoms with Crippen LogP contribution in [0.15, 0.2) is 499 Å². The van der Waals surface area contributed by atoms with Crippen LogP contribution in [0.3, 0.4) is 0 Å². The Bertz CT molecular complexity index is 9070. The minimum Gasteiger partial charge on any atom is -0.455 e. The summed E-state index contributed by atoms with van der Waals surface area (Å²) in [7, 11) is 0. The first-order chi connectivity index (χ1) is 68.0. The van der Waals surface area contributed by atoms with Crippen molar-refractivity contribution in [3.05, 3.63) is 485 Å². The number of para-hydroxylation sites is 2. The lowest BCUT2D eigenvalue weighted by Gasteiger charge is -2.12. The van der Waals surface area contributed by atoms with Crippen LogP contribution in [0.1, 0.15) is 0 Å². The zero-order chi connectivity index (χ0) is 90.1. The van der Waals surface area contributed by atoms with E-state index in [0.29, 0.717) is 0 Å². The molecular weight excluding hydrogens is 1680 g/mol. The summed E-state index contributed by atoms with van der Waals surface area (Å²) in [6.45, 7) is 0. The molecule has 6 heteroatoms. The van der Waals surface area contributed by atoms with E-state index >= 15 is 0 Å². The predicted octanol–water partition coefficient (Wildman–Crippen LogP) is 37.1. The smallest absolute Gasteiger partial charge is 0.161 e. The fourth-order valence-corrected chi connectivity index (χ4v) is 23.4. The van der Waals surface area contributed by atoms with Gasteiger partial charge in [-0.2, -0.15) is 0 Å². The fourth-order valence-electron chi connectivity index (χ4n) is 22.0. The van der Waals surface area contributed by atoms with Crippen molar-refractivity contribution in [1.29, 1.82) is 0 Å². The van der Waals surface area contributed by atoms with Crippen molar-refractivity contribution in [2.24, 2.45) is 0 Å². The van der Waals surface area contributed by atoms with Gasteiger partial charge in [0.25, 0.3) is 0 Å². The first kappa shape index (κ1) is 79.0. The molecule has 0 unspecified atom stereocenters. The number of nitrogens with zero attached hydrogens (tertiary/aromatic N) is 2.